The van der Waals surface area contributed by atoms with Crippen molar-refractivity contribution in [1.82, 2.24) is 10.6 Å². The van der Waals surface area contributed by atoms with E-state index in [1.54, 1.807) is 12.1 Å². The first-order valence-corrected chi connectivity index (χ1v) is 7.43. The van der Waals surface area contributed by atoms with Crippen LogP contribution in [0.25, 0.3) is 11.0 Å². The van der Waals surface area contributed by atoms with E-state index in [4.69, 9.17) is 8.83 Å². The van der Waals surface area contributed by atoms with Crippen LogP contribution in [0.2, 0.25) is 0 Å². The molecule has 0 fully saturated rings. The van der Waals surface area contributed by atoms with Crippen molar-refractivity contribution in [3.05, 3.63) is 60.2 Å². The summed E-state index contributed by atoms with van der Waals surface area (Å²) < 4.78 is 10.7. The molecule has 0 saturated heterocycles. The summed E-state index contributed by atoms with van der Waals surface area (Å²) in [6.07, 6.45) is 1.22. The van der Waals surface area contributed by atoms with Crippen LogP contribution in [0.1, 0.15) is 17.6 Å². The zero-order valence-electron chi connectivity index (χ0n) is 12.5. The van der Waals surface area contributed by atoms with Crippen LogP contribution in [0.3, 0.4) is 0 Å². The molecule has 2 aromatic heterocycles. The number of para-hydroxylation sites is 1. The minimum atomic E-state index is -0.855. The smallest absolute Gasteiger partial charge is 0.314 e. The average Bonchev–Trinajstić information content (AvgIpc) is 3.21. The van der Waals surface area contributed by atoms with Gasteiger partial charge in [0.2, 0.25) is 0 Å². The van der Waals surface area contributed by atoms with Crippen molar-refractivity contribution in [3.63, 3.8) is 0 Å². The third-order valence-electron chi connectivity index (χ3n) is 3.46. The first-order chi connectivity index (χ1) is 11.2. The predicted octanol–water partition coefficient (Wildman–Crippen LogP) is 2.60. The summed E-state index contributed by atoms with van der Waals surface area (Å²) in [6, 6.07) is 12.7. The third kappa shape index (κ3) is 3.92. The normalized spacial score (nSPS) is 12.2. The highest BCUT2D eigenvalue weighted by atomic mass is 16.4. The summed E-state index contributed by atoms with van der Waals surface area (Å²) in [4.78, 5) is 11.7. The van der Waals surface area contributed by atoms with E-state index in [1.165, 1.54) is 6.26 Å². The number of carbonyl (C=O) groups is 1. The van der Waals surface area contributed by atoms with E-state index in [0.717, 1.165) is 16.7 Å². The molecule has 3 rings (SSSR count). The van der Waals surface area contributed by atoms with Gasteiger partial charge in [0.05, 0.1) is 12.8 Å². The molecule has 0 bridgehead atoms. The van der Waals surface area contributed by atoms with E-state index in [9.17, 15) is 9.90 Å². The lowest BCUT2D eigenvalue weighted by molar-refractivity contribution is 0.148. The monoisotopic (exact) mass is 314 g/mol. The van der Waals surface area contributed by atoms with Crippen LogP contribution in [0.4, 0.5) is 4.79 Å². The second kappa shape index (κ2) is 7.02. The topological polar surface area (TPSA) is 87.6 Å². The van der Waals surface area contributed by atoms with E-state index >= 15 is 0 Å². The molecule has 1 aromatic carbocycles. The lowest BCUT2D eigenvalue weighted by Gasteiger charge is -2.10. The first-order valence-electron chi connectivity index (χ1n) is 7.43. The number of fused-ring (bicyclic) bond motifs is 1. The molecule has 3 aromatic rings. The molecule has 0 aliphatic rings. The van der Waals surface area contributed by atoms with Crippen LogP contribution in [-0.2, 0) is 6.42 Å². The Bertz CT molecular complexity index is 731. The lowest BCUT2D eigenvalue weighted by Crippen LogP contribution is -2.38. The summed E-state index contributed by atoms with van der Waals surface area (Å²) in [7, 11) is 0. The highest BCUT2D eigenvalue weighted by molar-refractivity contribution is 5.77. The van der Waals surface area contributed by atoms with Crippen LogP contribution in [0.5, 0.6) is 0 Å². The van der Waals surface area contributed by atoms with E-state index in [0.29, 0.717) is 18.7 Å². The fourth-order valence-electron chi connectivity index (χ4n) is 2.29. The van der Waals surface area contributed by atoms with Crippen molar-refractivity contribution in [1.29, 1.82) is 0 Å². The molecule has 3 N–H and O–H groups in total. The van der Waals surface area contributed by atoms with Gasteiger partial charge in [0, 0.05) is 18.4 Å². The number of furan rings is 2. The summed E-state index contributed by atoms with van der Waals surface area (Å²) >= 11 is 0. The van der Waals surface area contributed by atoms with E-state index in [-0.39, 0.29) is 12.6 Å². The van der Waals surface area contributed by atoms with Crippen LogP contribution < -0.4 is 10.6 Å². The minimum absolute atomic E-state index is 0.0873. The summed E-state index contributed by atoms with van der Waals surface area (Å²) in [5, 5.41) is 16.2. The number of carbonyl (C=O) groups excluding carboxylic acids is 1. The quantitative estimate of drug-likeness (QED) is 0.652. The number of aliphatic hydroxyl groups is 1. The van der Waals surface area contributed by atoms with E-state index < -0.39 is 6.10 Å². The molecular formula is C17H18N2O4. The van der Waals surface area contributed by atoms with Crippen molar-refractivity contribution in [2.75, 3.05) is 13.1 Å². The van der Waals surface area contributed by atoms with Crippen molar-refractivity contribution < 1.29 is 18.7 Å². The van der Waals surface area contributed by atoms with Gasteiger partial charge >= 0.3 is 6.03 Å². The van der Waals surface area contributed by atoms with E-state index in [2.05, 4.69) is 10.6 Å². The fourth-order valence-corrected chi connectivity index (χ4v) is 2.29. The van der Waals surface area contributed by atoms with Crippen molar-refractivity contribution in [3.8, 4) is 0 Å². The Labute approximate surface area is 133 Å². The molecule has 0 aliphatic heterocycles. The zero-order valence-corrected chi connectivity index (χ0v) is 12.5. The van der Waals surface area contributed by atoms with E-state index in [1.807, 2.05) is 30.3 Å². The van der Waals surface area contributed by atoms with Crippen molar-refractivity contribution in [2.24, 2.45) is 0 Å². The number of rotatable bonds is 6. The molecule has 120 valence electrons. The maximum atomic E-state index is 11.7. The van der Waals surface area contributed by atoms with Gasteiger partial charge in [-0.25, -0.2) is 4.79 Å². The summed E-state index contributed by atoms with van der Waals surface area (Å²) in [5.74, 6) is 1.25. The Kier molecular flexibility index (Phi) is 4.63. The Hall–Kier alpha value is -2.73. The fraction of sp³-hybridized carbons (Fsp3) is 0.235. The van der Waals surface area contributed by atoms with Gasteiger partial charge in [0.1, 0.15) is 23.2 Å². The Balaban J connectivity index is 1.40. The molecule has 2 heterocycles. The summed E-state index contributed by atoms with van der Waals surface area (Å²) in [5.41, 5.74) is 0.841. The molecule has 6 heteroatoms. The maximum absolute atomic E-state index is 11.7. The number of urea groups is 1. The summed E-state index contributed by atoms with van der Waals surface area (Å²) in [6.45, 7) is 0.534. The molecule has 23 heavy (non-hydrogen) atoms. The predicted molar refractivity (Wildman–Crippen MR) is 85.0 cm³/mol. The average molecular weight is 314 g/mol. The van der Waals surface area contributed by atoms with Gasteiger partial charge in [-0.05, 0) is 24.3 Å². The second-order valence-corrected chi connectivity index (χ2v) is 5.17. The number of nitrogens with one attached hydrogen (secondary N) is 2. The second-order valence-electron chi connectivity index (χ2n) is 5.17. The van der Waals surface area contributed by atoms with Gasteiger partial charge in [-0.15, -0.1) is 0 Å². The molecule has 0 saturated carbocycles. The van der Waals surface area contributed by atoms with Gasteiger partial charge in [-0.1, -0.05) is 18.2 Å². The number of benzene rings is 1. The molecule has 2 amide bonds. The highest BCUT2D eigenvalue weighted by Crippen LogP contribution is 2.18. The van der Waals surface area contributed by atoms with Crippen LogP contribution in [0, 0.1) is 0 Å². The minimum Gasteiger partial charge on any atom is -0.467 e. The molecule has 6 nitrogen and oxygen atoms in total. The van der Waals surface area contributed by atoms with Gasteiger partial charge in [-0.2, -0.15) is 0 Å². The largest absolute Gasteiger partial charge is 0.467 e. The first kappa shape index (κ1) is 15.2. The Morgan fingerprint density at radius 3 is 2.83 bits per heavy atom. The van der Waals surface area contributed by atoms with Crippen molar-refractivity contribution >= 4 is 17.0 Å². The maximum Gasteiger partial charge on any atom is 0.314 e. The molecule has 1 unspecified atom stereocenters. The molecule has 0 aliphatic carbocycles. The van der Waals surface area contributed by atoms with Gasteiger partial charge in [0.15, 0.2) is 0 Å². The lowest BCUT2D eigenvalue weighted by atomic mass is 10.2. The van der Waals surface area contributed by atoms with Gasteiger partial charge in [0.25, 0.3) is 0 Å². The zero-order chi connectivity index (χ0) is 16.1. The SMILES string of the molecule is O=C(NCCc1cc2ccccc2o1)NCC(O)c1ccco1. The van der Waals surface area contributed by atoms with Crippen LogP contribution in [-0.4, -0.2) is 24.2 Å². The molecule has 0 radical (unpaired) electrons. The van der Waals surface area contributed by atoms with Gasteiger partial charge in [-0.3, -0.25) is 0 Å². The molecule has 1 atom stereocenters. The van der Waals surface area contributed by atoms with Gasteiger partial charge < -0.3 is 24.6 Å². The Morgan fingerprint density at radius 2 is 2.04 bits per heavy atom. The van der Waals surface area contributed by atoms with Crippen LogP contribution >= 0.6 is 0 Å². The van der Waals surface area contributed by atoms with Crippen LogP contribution in [0.15, 0.2) is 57.6 Å². The molecule has 0 spiro atoms. The number of aliphatic hydroxyl groups excluding tert-OH is 1. The molecular weight excluding hydrogens is 296 g/mol. The number of amides is 2. The number of hydrogen-bond donors (Lipinski definition) is 3. The highest BCUT2D eigenvalue weighted by Gasteiger charge is 2.11. The van der Waals surface area contributed by atoms with Crippen molar-refractivity contribution in [2.45, 2.75) is 12.5 Å². The number of hydrogen-bond acceptors (Lipinski definition) is 4. The standard InChI is InChI=1S/C17H18N2O4/c20-14(16-6-3-9-22-16)11-19-17(21)18-8-7-13-10-12-4-1-2-5-15(12)23-13/h1-6,9-10,14,20H,7-8,11H2,(H2,18,19,21). The third-order valence-corrected chi connectivity index (χ3v) is 3.46. The Morgan fingerprint density at radius 1 is 1.17 bits per heavy atom.